The summed E-state index contributed by atoms with van der Waals surface area (Å²) in [7, 11) is 0. The van der Waals surface area contributed by atoms with Crippen molar-refractivity contribution in [1.29, 1.82) is 0 Å². The molecular weight excluding hydrogens is 388 g/mol. The normalized spacial score (nSPS) is 12.1. The summed E-state index contributed by atoms with van der Waals surface area (Å²) in [5.41, 5.74) is 4.49. The second kappa shape index (κ2) is 9.00. The Morgan fingerprint density at radius 1 is 1.03 bits per heavy atom. The van der Waals surface area contributed by atoms with Crippen molar-refractivity contribution in [2.75, 3.05) is 10.6 Å². The van der Waals surface area contributed by atoms with Gasteiger partial charge in [-0.2, -0.15) is 5.10 Å². The van der Waals surface area contributed by atoms with Gasteiger partial charge in [-0.3, -0.25) is 14.7 Å². The van der Waals surface area contributed by atoms with Crippen LogP contribution in [0.25, 0.3) is 11.1 Å². The fraction of sp³-hybridized carbons (Fsp3) is 0.240. The minimum atomic E-state index is -0.346. The van der Waals surface area contributed by atoms with E-state index in [0.717, 1.165) is 22.4 Å². The molecule has 1 unspecified atom stereocenters. The number of aromatic amines is 1. The highest BCUT2D eigenvalue weighted by atomic mass is 16.2. The van der Waals surface area contributed by atoms with Crippen LogP contribution in [0.5, 0.6) is 0 Å². The number of H-pyrrole nitrogens is 1. The van der Waals surface area contributed by atoms with Crippen LogP contribution < -0.4 is 10.6 Å². The smallest absolute Gasteiger partial charge is 0.247 e. The predicted molar refractivity (Wildman–Crippen MR) is 125 cm³/mol. The molecule has 6 heteroatoms. The van der Waals surface area contributed by atoms with Crippen LogP contribution in [0.15, 0.2) is 67.3 Å². The van der Waals surface area contributed by atoms with Crippen molar-refractivity contribution >= 4 is 23.3 Å². The zero-order valence-corrected chi connectivity index (χ0v) is 18.3. The van der Waals surface area contributed by atoms with Crippen molar-refractivity contribution in [3.05, 3.63) is 78.5 Å². The van der Waals surface area contributed by atoms with Gasteiger partial charge in [0.1, 0.15) is 0 Å². The van der Waals surface area contributed by atoms with E-state index in [0.29, 0.717) is 11.5 Å². The third-order valence-corrected chi connectivity index (χ3v) is 5.09. The van der Waals surface area contributed by atoms with Gasteiger partial charge in [-0.25, -0.2) is 0 Å². The van der Waals surface area contributed by atoms with Gasteiger partial charge in [-0.1, -0.05) is 63.7 Å². The summed E-state index contributed by atoms with van der Waals surface area (Å²) in [5, 5.41) is 12.8. The van der Waals surface area contributed by atoms with E-state index in [4.69, 9.17) is 0 Å². The summed E-state index contributed by atoms with van der Waals surface area (Å²) in [4.78, 5) is 24.2. The van der Waals surface area contributed by atoms with Gasteiger partial charge in [-0.05, 0) is 41.8 Å². The van der Waals surface area contributed by atoms with Gasteiger partial charge in [0.2, 0.25) is 11.8 Å². The number of nitrogens with zero attached hydrogens (tertiary/aromatic N) is 1. The van der Waals surface area contributed by atoms with Crippen LogP contribution in [-0.4, -0.2) is 22.0 Å². The number of benzene rings is 2. The number of carbonyl (C=O) groups is 2. The Bertz CT molecular complexity index is 1090. The molecule has 31 heavy (non-hydrogen) atoms. The maximum atomic E-state index is 12.8. The Kier molecular flexibility index (Phi) is 6.39. The number of anilines is 2. The van der Waals surface area contributed by atoms with Gasteiger partial charge in [0.05, 0.1) is 5.92 Å². The van der Waals surface area contributed by atoms with Crippen molar-refractivity contribution in [2.24, 2.45) is 0 Å². The molecule has 0 saturated carbocycles. The second-order valence-corrected chi connectivity index (χ2v) is 8.52. The molecule has 160 valence electrons. The van der Waals surface area contributed by atoms with E-state index in [1.807, 2.05) is 61.5 Å². The first-order chi connectivity index (χ1) is 14.7. The summed E-state index contributed by atoms with van der Waals surface area (Å²) in [6.45, 7) is 11.6. The molecule has 1 heterocycles. The molecule has 1 aromatic heterocycles. The zero-order chi connectivity index (χ0) is 22.6. The van der Waals surface area contributed by atoms with Gasteiger partial charge in [0.25, 0.3) is 0 Å². The lowest BCUT2D eigenvalue weighted by atomic mass is 9.92. The molecule has 3 N–H and O–H groups in total. The predicted octanol–water partition coefficient (Wildman–Crippen LogP) is 5.24. The highest BCUT2D eigenvalue weighted by Gasteiger charge is 2.20. The van der Waals surface area contributed by atoms with E-state index >= 15 is 0 Å². The first-order valence-electron chi connectivity index (χ1n) is 10.2. The summed E-state index contributed by atoms with van der Waals surface area (Å²) >= 11 is 0. The third-order valence-electron chi connectivity index (χ3n) is 5.09. The molecule has 6 nitrogen and oxygen atoms in total. The molecule has 0 saturated heterocycles. The van der Waals surface area contributed by atoms with E-state index in [1.54, 1.807) is 0 Å². The standard InChI is InChI=1S/C25H28N4O2/c1-6-23(30)26-20-12-10-17(11-13-20)19-9-7-8-18(14-19)16(2)24(31)27-22-15-21(28-29-22)25(3,4)5/h6-16H,1H2,2-5H3,(H,26,30)(H2,27,28,29,31). The van der Waals surface area contributed by atoms with Crippen LogP contribution in [0, 0.1) is 0 Å². The van der Waals surface area contributed by atoms with E-state index in [-0.39, 0.29) is 23.1 Å². The molecule has 3 aromatic rings. The van der Waals surface area contributed by atoms with Crippen molar-refractivity contribution in [1.82, 2.24) is 10.2 Å². The van der Waals surface area contributed by atoms with Crippen LogP contribution in [-0.2, 0) is 15.0 Å². The number of hydrogen-bond acceptors (Lipinski definition) is 3. The molecule has 2 amide bonds. The fourth-order valence-corrected chi connectivity index (χ4v) is 3.08. The summed E-state index contributed by atoms with van der Waals surface area (Å²) in [6, 6.07) is 17.3. The van der Waals surface area contributed by atoms with Crippen LogP contribution in [0.4, 0.5) is 11.5 Å². The topological polar surface area (TPSA) is 86.9 Å². The molecule has 0 radical (unpaired) electrons. The third kappa shape index (κ3) is 5.48. The summed E-state index contributed by atoms with van der Waals surface area (Å²) in [6.07, 6.45) is 1.23. The Labute approximate surface area is 182 Å². The molecule has 0 bridgehead atoms. The molecule has 2 aromatic carbocycles. The van der Waals surface area contributed by atoms with Crippen molar-refractivity contribution in [3.63, 3.8) is 0 Å². The molecule has 3 rings (SSSR count). The summed E-state index contributed by atoms with van der Waals surface area (Å²) in [5.74, 6) is -0.191. The molecular formula is C25H28N4O2. The Morgan fingerprint density at radius 3 is 2.35 bits per heavy atom. The SMILES string of the molecule is C=CC(=O)Nc1ccc(-c2cccc(C(C)C(=O)Nc3cc(C(C)(C)C)[nH]n3)c2)cc1. The zero-order valence-electron chi connectivity index (χ0n) is 18.3. The summed E-state index contributed by atoms with van der Waals surface area (Å²) < 4.78 is 0. The number of carbonyl (C=O) groups excluding carboxylic acids is 2. The minimum Gasteiger partial charge on any atom is -0.323 e. The van der Waals surface area contributed by atoms with Gasteiger partial charge in [-0.15, -0.1) is 0 Å². The Hall–Kier alpha value is -3.67. The maximum absolute atomic E-state index is 12.8. The van der Waals surface area contributed by atoms with Crippen molar-refractivity contribution in [3.8, 4) is 11.1 Å². The van der Waals surface area contributed by atoms with E-state index < -0.39 is 0 Å². The Balaban J connectivity index is 1.73. The number of hydrogen-bond donors (Lipinski definition) is 3. The largest absolute Gasteiger partial charge is 0.323 e. The maximum Gasteiger partial charge on any atom is 0.247 e. The fourth-order valence-electron chi connectivity index (χ4n) is 3.08. The lowest BCUT2D eigenvalue weighted by molar-refractivity contribution is -0.117. The molecule has 0 fully saturated rings. The molecule has 0 aliphatic heterocycles. The lowest BCUT2D eigenvalue weighted by Crippen LogP contribution is -2.19. The quantitative estimate of drug-likeness (QED) is 0.480. The lowest BCUT2D eigenvalue weighted by Gasteiger charge is -2.15. The highest BCUT2D eigenvalue weighted by molar-refractivity contribution is 5.99. The van der Waals surface area contributed by atoms with Crippen LogP contribution in [0.3, 0.4) is 0 Å². The van der Waals surface area contributed by atoms with Crippen LogP contribution in [0.2, 0.25) is 0 Å². The number of aromatic nitrogens is 2. The van der Waals surface area contributed by atoms with Crippen LogP contribution in [0.1, 0.15) is 44.9 Å². The monoisotopic (exact) mass is 416 g/mol. The van der Waals surface area contributed by atoms with Gasteiger partial charge in [0.15, 0.2) is 5.82 Å². The van der Waals surface area contributed by atoms with E-state index in [1.165, 1.54) is 6.08 Å². The number of rotatable bonds is 6. The molecule has 0 aliphatic carbocycles. The van der Waals surface area contributed by atoms with Crippen molar-refractivity contribution in [2.45, 2.75) is 39.0 Å². The average molecular weight is 417 g/mol. The van der Waals surface area contributed by atoms with Crippen molar-refractivity contribution < 1.29 is 9.59 Å². The van der Waals surface area contributed by atoms with E-state index in [2.05, 4.69) is 48.2 Å². The van der Waals surface area contributed by atoms with Gasteiger partial charge >= 0.3 is 0 Å². The highest BCUT2D eigenvalue weighted by Crippen LogP contribution is 2.27. The minimum absolute atomic E-state index is 0.0695. The number of amides is 2. The van der Waals surface area contributed by atoms with Crippen LogP contribution >= 0.6 is 0 Å². The molecule has 1 atom stereocenters. The molecule has 0 aliphatic rings. The average Bonchev–Trinajstić information content (AvgIpc) is 3.23. The second-order valence-electron chi connectivity index (χ2n) is 8.52. The molecule has 0 spiro atoms. The Morgan fingerprint density at radius 2 is 1.74 bits per heavy atom. The van der Waals surface area contributed by atoms with E-state index in [9.17, 15) is 9.59 Å². The first-order valence-corrected chi connectivity index (χ1v) is 10.2. The van der Waals surface area contributed by atoms with Gasteiger partial charge in [0, 0.05) is 22.9 Å². The first kappa shape index (κ1) is 22.0. The number of nitrogens with one attached hydrogen (secondary N) is 3. The van der Waals surface area contributed by atoms with Gasteiger partial charge < -0.3 is 10.6 Å².